The molecule has 0 atom stereocenters. The number of ether oxygens (including phenoxy) is 3. The molecule has 0 amide bonds. The van der Waals surface area contributed by atoms with E-state index in [-0.39, 0.29) is 18.6 Å². The highest BCUT2D eigenvalue weighted by molar-refractivity contribution is 7.92. The second-order valence-electron chi connectivity index (χ2n) is 4.20. The Bertz CT molecular complexity index is 562. The Morgan fingerprint density at radius 3 is 2.14 bits per heavy atom. The van der Waals surface area contributed by atoms with Crippen LogP contribution in [0.5, 0.6) is 11.5 Å². The Morgan fingerprint density at radius 2 is 1.67 bits per heavy atom. The molecular weight excluding hydrogens is 298 g/mol. The molecule has 1 rings (SSSR count). The van der Waals surface area contributed by atoms with Crippen molar-refractivity contribution in [2.75, 3.05) is 31.8 Å². The molecule has 0 radical (unpaired) electrons. The number of esters is 1. The van der Waals surface area contributed by atoms with Crippen molar-refractivity contribution in [3.05, 3.63) is 18.2 Å². The molecule has 1 aromatic rings. The van der Waals surface area contributed by atoms with E-state index >= 15 is 0 Å². The molecule has 1 N–H and O–H groups in total. The molecule has 0 aliphatic rings. The van der Waals surface area contributed by atoms with Crippen LogP contribution < -0.4 is 14.2 Å². The Hall–Kier alpha value is -1.96. The number of sulfonamides is 1. The molecule has 8 heteroatoms. The van der Waals surface area contributed by atoms with Crippen LogP contribution >= 0.6 is 0 Å². The van der Waals surface area contributed by atoms with Gasteiger partial charge in [0.15, 0.2) is 0 Å². The Morgan fingerprint density at radius 1 is 1.10 bits per heavy atom. The standard InChI is InChI=1S/C13H19NO6S/c1-18-11-7-10(8-12(9-11)19-2)14-21(16,17)6-4-5-13(15)20-3/h7-9,14H,4-6H2,1-3H3. The van der Waals surface area contributed by atoms with E-state index in [1.54, 1.807) is 18.2 Å². The van der Waals surface area contributed by atoms with Gasteiger partial charge in [-0.05, 0) is 6.42 Å². The van der Waals surface area contributed by atoms with Gasteiger partial charge < -0.3 is 14.2 Å². The zero-order valence-corrected chi connectivity index (χ0v) is 13.0. The molecule has 0 saturated heterocycles. The molecule has 21 heavy (non-hydrogen) atoms. The lowest BCUT2D eigenvalue weighted by molar-refractivity contribution is -0.140. The molecule has 0 spiro atoms. The Kier molecular flexibility index (Phi) is 6.29. The molecule has 0 fully saturated rings. The smallest absolute Gasteiger partial charge is 0.305 e. The largest absolute Gasteiger partial charge is 0.497 e. The number of anilines is 1. The van der Waals surface area contributed by atoms with Crippen molar-refractivity contribution in [3.8, 4) is 11.5 Å². The van der Waals surface area contributed by atoms with Gasteiger partial charge in [0.2, 0.25) is 10.0 Å². The number of hydrogen-bond acceptors (Lipinski definition) is 6. The lowest BCUT2D eigenvalue weighted by Crippen LogP contribution is -2.17. The Labute approximate surface area is 124 Å². The number of carbonyl (C=O) groups excluding carboxylic acids is 1. The summed E-state index contributed by atoms with van der Waals surface area (Å²) in [5.74, 6) is 0.332. The monoisotopic (exact) mass is 317 g/mol. The summed E-state index contributed by atoms with van der Waals surface area (Å²) in [6, 6.07) is 4.72. The van der Waals surface area contributed by atoms with Crippen LogP contribution in [-0.2, 0) is 19.6 Å². The van der Waals surface area contributed by atoms with Crippen molar-refractivity contribution in [1.82, 2.24) is 0 Å². The van der Waals surface area contributed by atoms with Crippen molar-refractivity contribution in [2.24, 2.45) is 0 Å². The van der Waals surface area contributed by atoms with Gasteiger partial charge in [-0.3, -0.25) is 9.52 Å². The second-order valence-corrected chi connectivity index (χ2v) is 6.04. The first-order valence-electron chi connectivity index (χ1n) is 6.20. The summed E-state index contributed by atoms with van der Waals surface area (Å²) in [4.78, 5) is 11.0. The molecule has 0 aliphatic carbocycles. The van der Waals surface area contributed by atoms with Gasteiger partial charge in [-0.25, -0.2) is 8.42 Å². The van der Waals surface area contributed by atoms with Gasteiger partial charge >= 0.3 is 5.97 Å². The van der Waals surface area contributed by atoms with Gasteiger partial charge in [-0.2, -0.15) is 0 Å². The third-order valence-electron chi connectivity index (χ3n) is 2.65. The number of benzene rings is 1. The summed E-state index contributed by atoms with van der Waals surface area (Å²) >= 11 is 0. The van der Waals surface area contributed by atoms with Crippen LogP contribution in [0.15, 0.2) is 18.2 Å². The molecule has 0 unspecified atom stereocenters. The lowest BCUT2D eigenvalue weighted by Gasteiger charge is -2.11. The highest BCUT2D eigenvalue weighted by atomic mass is 32.2. The van der Waals surface area contributed by atoms with Gasteiger partial charge in [0, 0.05) is 24.6 Å². The van der Waals surface area contributed by atoms with Gasteiger partial charge in [-0.1, -0.05) is 0 Å². The van der Waals surface area contributed by atoms with Gasteiger partial charge in [0.25, 0.3) is 0 Å². The van der Waals surface area contributed by atoms with Crippen LogP contribution in [0.2, 0.25) is 0 Å². The number of methoxy groups -OCH3 is 3. The van der Waals surface area contributed by atoms with E-state index < -0.39 is 16.0 Å². The van der Waals surface area contributed by atoms with Crippen LogP contribution in [0.3, 0.4) is 0 Å². The fraction of sp³-hybridized carbons (Fsp3) is 0.462. The van der Waals surface area contributed by atoms with Crippen LogP contribution in [-0.4, -0.2) is 41.5 Å². The molecule has 7 nitrogen and oxygen atoms in total. The normalized spacial score (nSPS) is 10.8. The van der Waals surface area contributed by atoms with E-state index in [0.717, 1.165) is 0 Å². The van der Waals surface area contributed by atoms with E-state index in [9.17, 15) is 13.2 Å². The summed E-state index contributed by atoms with van der Waals surface area (Å²) in [5.41, 5.74) is 0.337. The highest BCUT2D eigenvalue weighted by Crippen LogP contribution is 2.26. The average Bonchev–Trinajstić information content (AvgIpc) is 2.45. The third-order valence-corrected chi connectivity index (χ3v) is 4.02. The molecule has 0 bridgehead atoms. The van der Waals surface area contributed by atoms with E-state index in [0.29, 0.717) is 17.2 Å². The van der Waals surface area contributed by atoms with Crippen LogP contribution in [0.1, 0.15) is 12.8 Å². The van der Waals surface area contributed by atoms with Gasteiger partial charge in [-0.15, -0.1) is 0 Å². The van der Waals surface area contributed by atoms with E-state index in [2.05, 4.69) is 9.46 Å². The molecule has 0 heterocycles. The van der Waals surface area contributed by atoms with Crippen molar-refractivity contribution in [2.45, 2.75) is 12.8 Å². The predicted molar refractivity (Wildman–Crippen MR) is 78.2 cm³/mol. The number of carbonyl (C=O) groups is 1. The first-order valence-corrected chi connectivity index (χ1v) is 7.86. The maximum atomic E-state index is 11.9. The van der Waals surface area contributed by atoms with Crippen molar-refractivity contribution >= 4 is 21.7 Å². The average molecular weight is 317 g/mol. The molecule has 118 valence electrons. The zero-order valence-electron chi connectivity index (χ0n) is 12.2. The van der Waals surface area contributed by atoms with Crippen molar-refractivity contribution in [1.29, 1.82) is 0 Å². The molecule has 0 aromatic heterocycles. The first-order chi connectivity index (χ1) is 9.90. The fourth-order valence-corrected chi connectivity index (χ4v) is 2.71. The fourth-order valence-electron chi connectivity index (χ4n) is 1.61. The van der Waals surface area contributed by atoms with Crippen LogP contribution in [0.25, 0.3) is 0 Å². The van der Waals surface area contributed by atoms with Crippen LogP contribution in [0.4, 0.5) is 5.69 Å². The summed E-state index contributed by atoms with van der Waals surface area (Å²) in [5, 5.41) is 0. The predicted octanol–water partition coefficient (Wildman–Crippen LogP) is 1.40. The minimum Gasteiger partial charge on any atom is -0.497 e. The summed E-state index contributed by atoms with van der Waals surface area (Å²) < 4.78 is 40.9. The maximum Gasteiger partial charge on any atom is 0.305 e. The first kappa shape index (κ1) is 17.1. The van der Waals surface area contributed by atoms with E-state index in [4.69, 9.17) is 9.47 Å². The summed E-state index contributed by atoms with van der Waals surface area (Å²) in [7, 11) is 0.655. The molecule has 1 aromatic carbocycles. The summed E-state index contributed by atoms with van der Waals surface area (Å²) in [6.07, 6.45) is 0.238. The number of hydrogen-bond donors (Lipinski definition) is 1. The summed E-state index contributed by atoms with van der Waals surface area (Å²) in [6.45, 7) is 0. The van der Waals surface area contributed by atoms with Crippen LogP contribution in [0, 0.1) is 0 Å². The third kappa shape index (κ3) is 5.90. The quantitative estimate of drug-likeness (QED) is 0.729. The second kappa shape index (κ2) is 7.72. The lowest BCUT2D eigenvalue weighted by atomic mass is 10.3. The van der Waals surface area contributed by atoms with E-state index in [1.165, 1.54) is 21.3 Å². The zero-order chi connectivity index (χ0) is 15.9. The Balaban J connectivity index is 2.72. The van der Waals surface area contributed by atoms with E-state index in [1.807, 2.05) is 0 Å². The van der Waals surface area contributed by atoms with Crippen molar-refractivity contribution < 1.29 is 27.4 Å². The molecular formula is C13H19NO6S. The van der Waals surface area contributed by atoms with Gasteiger partial charge in [0.05, 0.1) is 32.8 Å². The molecule has 0 aliphatic heterocycles. The number of rotatable bonds is 8. The highest BCUT2D eigenvalue weighted by Gasteiger charge is 2.13. The topological polar surface area (TPSA) is 90.9 Å². The maximum absolute atomic E-state index is 11.9. The number of nitrogens with one attached hydrogen (secondary N) is 1. The molecule has 0 saturated carbocycles. The van der Waals surface area contributed by atoms with Crippen molar-refractivity contribution in [3.63, 3.8) is 0 Å². The minimum absolute atomic E-state index is 0.0544. The minimum atomic E-state index is -3.56. The van der Waals surface area contributed by atoms with Gasteiger partial charge in [0.1, 0.15) is 11.5 Å². The SMILES string of the molecule is COC(=O)CCCS(=O)(=O)Nc1cc(OC)cc(OC)c1.